The molecule has 1 saturated heterocycles. The highest BCUT2D eigenvalue weighted by atomic mass is 16.5. The van der Waals surface area contributed by atoms with Crippen LogP contribution in [0.4, 0.5) is 0 Å². The van der Waals surface area contributed by atoms with E-state index in [1.165, 1.54) is 0 Å². The van der Waals surface area contributed by atoms with Gasteiger partial charge in [0.25, 0.3) is 5.91 Å². The summed E-state index contributed by atoms with van der Waals surface area (Å²) in [4.78, 5) is 17.5. The molecule has 0 N–H and O–H groups in total. The number of morpholine rings is 1. The maximum Gasteiger partial charge on any atom is 0.254 e. The summed E-state index contributed by atoms with van der Waals surface area (Å²) < 4.78 is 10.7. The number of fused-ring (bicyclic) bond motifs is 1. The molecule has 146 valence electrons. The lowest BCUT2D eigenvalue weighted by molar-refractivity contribution is 0.0142. The van der Waals surface area contributed by atoms with Gasteiger partial charge in [0.05, 0.1) is 25.7 Å². The summed E-state index contributed by atoms with van der Waals surface area (Å²) in [5.74, 6) is 0.0510. The lowest BCUT2D eigenvalue weighted by Crippen LogP contribution is -2.47. The zero-order valence-corrected chi connectivity index (χ0v) is 16.4. The van der Waals surface area contributed by atoms with Crippen molar-refractivity contribution in [2.75, 3.05) is 39.9 Å². The van der Waals surface area contributed by atoms with E-state index < -0.39 is 0 Å². The molecule has 1 unspecified atom stereocenters. The van der Waals surface area contributed by atoms with Crippen LogP contribution in [-0.2, 0) is 4.74 Å². The first kappa shape index (κ1) is 18.7. The van der Waals surface area contributed by atoms with Crippen molar-refractivity contribution < 1.29 is 13.9 Å². The van der Waals surface area contributed by atoms with Crippen LogP contribution < -0.4 is 0 Å². The Hall–Kier alpha value is -2.63. The van der Waals surface area contributed by atoms with Gasteiger partial charge in [-0.2, -0.15) is 0 Å². The average molecular weight is 378 g/mol. The van der Waals surface area contributed by atoms with Crippen LogP contribution in [0.3, 0.4) is 0 Å². The maximum absolute atomic E-state index is 13.2. The average Bonchev–Trinajstić information content (AvgIpc) is 3.27. The van der Waals surface area contributed by atoms with E-state index in [-0.39, 0.29) is 5.91 Å². The van der Waals surface area contributed by atoms with Crippen molar-refractivity contribution in [3.8, 4) is 11.1 Å². The monoisotopic (exact) mass is 378 g/mol. The minimum absolute atomic E-state index is 0.0510. The number of benzene rings is 2. The summed E-state index contributed by atoms with van der Waals surface area (Å²) in [5, 5.41) is 2.03. The van der Waals surface area contributed by atoms with E-state index in [1.54, 1.807) is 12.5 Å². The van der Waals surface area contributed by atoms with Crippen molar-refractivity contribution in [1.82, 2.24) is 9.80 Å². The summed E-state index contributed by atoms with van der Waals surface area (Å²) in [6, 6.07) is 14.3. The number of likely N-dealkylation sites (N-methyl/N-ethyl adjacent to an activating group) is 1. The van der Waals surface area contributed by atoms with Crippen molar-refractivity contribution in [1.29, 1.82) is 0 Å². The third kappa shape index (κ3) is 3.68. The van der Waals surface area contributed by atoms with E-state index in [0.29, 0.717) is 12.6 Å². The molecule has 5 nitrogen and oxygen atoms in total. The fourth-order valence-corrected chi connectivity index (χ4v) is 3.98. The number of carbonyl (C=O) groups is 1. The largest absolute Gasteiger partial charge is 0.472 e. The molecule has 0 bridgehead atoms. The van der Waals surface area contributed by atoms with Crippen LogP contribution in [0, 0.1) is 0 Å². The maximum atomic E-state index is 13.2. The smallest absolute Gasteiger partial charge is 0.254 e. The second-order valence-electron chi connectivity index (χ2n) is 7.40. The molecule has 1 fully saturated rings. The zero-order chi connectivity index (χ0) is 19.5. The standard InChI is InChI=1S/C23H26N2O3/c1-17(25-10-13-27-14-11-25)15-24(2)23(26)22-8-4-6-20-19(5-3-7-21(20)22)18-9-12-28-16-18/h3-9,12,16-17H,10-11,13-15H2,1-2H3. The molecule has 0 aliphatic carbocycles. The second kappa shape index (κ2) is 8.17. The molecule has 5 heteroatoms. The Morgan fingerprint density at radius 3 is 2.61 bits per heavy atom. The van der Waals surface area contributed by atoms with E-state index in [2.05, 4.69) is 24.0 Å². The van der Waals surface area contributed by atoms with Crippen LogP contribution in [-0.4, -0.2) is 61.6 Å². The van der Waals surface area contributed by atoms with Crippen LogP contribution in [0.5, 0.6) is 0 Å². The fourth-order valence-electron chi connectivity index (χ4n) is 3.98. The third-order valence-corrected chi connectivity index (χ3v) is 5.54. The first-order valence-corrected chi connectivity index (χ1v) is 9.76. The van der Waals surface area contributed by atoms with E-state index in [0.717, 1.165) is 53.8 Å². The van der Waals surface area contributed by atoms with Gasteiger partial charge in [-0.25, -0.2) is 0 Å². The highest BCUT2D eigenvalue weighted by Crippen LogP contribution is 2.31. The molecule has 1 aliphatic heterocycles. The highest BCUT2D eigenvalue weighted by Gasteiger charge is 2.22. The molecule has 28 heavy (non-hydrogen) atoms. The van der Waals surface area contributed by atoms with E-state index >= 15 is 0 Å². The van der Waals surface area contributed by atoms with Crippen molar-refractivity contribution in [2.45, 2.75) is 13.0 Å². The van der Waals surface area contributed by atoms with Gasteiger partial charge in [0.2, 0.25) is 0 Å². The highest BCUT2D eigenvalue weighted by molar-refractivity contribution is 6.10. The molecular formula is C23H26N2O3. The zero-order valence-electron chi connectivity index (χ0n) is 16.4. The quantitative estimate of drug-likeness (QED) is 0.676. The van der Waals surface area contributed by atoms with Gasteiger partial charge in [-0.1, -0.05) is 30.3 Å². The summed E-state index contributed by atoms with van der Waals surface area (Å²) in [6.45, 7) is 6.24. The molecule has 4 rings (SSSR count). The number of carbonyl (C=O) groups excluding carboxylic acids is 1. The van der Waals surface area contributed by atoms with Crippen LogP contribution in [0.2, 0.25) is 0 Å². The minimum atomic E-state index is 0.0510. The van der Waals surface area contributed by atoms with E-state index in [1.807, 2.05) is 42.3 Å². The first-order chi connectivity index (χ1) is 13.6. The van der Waals surface area contributed by atoms with E-state index in [4.69, 9.17) is 9.15 Å². The molecule has 2 heterocycles. The SMILES string of the molecule is CC(CN(C)C(=O)c1cccc2c(-c3ccoc3)cccc12)N1CCOCC1. The number of rotatable bonds is 5. The molecule has 1 aromatic heterocycles. The Balaban J connectivity index is 1.59. The summed E-state index contributed by atoms with van der Waals surface area (Å²) in [7, 11) is 1.89. The fraction of sp³-hybridized carbons (Fsp3) is 0.348. The van der Waals surface area contributed by atoms with Gasteiger partial charge in [0.15, 0.2) is 0 Å². The van der Waals surface area contributed by atoms with Crippen LogP contribution in [0.15, 0.2) is 59.4 Å². The van der Waals surface area contributed by atoms with Gasteiger partial charge < -0.3 is 14.1 Å². The summed E-state index contributed by atoms with van der Waals surface area (Å²) in [6.07, 6.45) is 3.41. The third-order valence-electron chi connectivity index (χ3n) is 5.54. The van der Waals surface area contributed by atoms with E-state index in [9.17, 15) is 4.79 Å². The number of amides is 1. The predicted octanol–water partition coefficient (Wildman–Crippen LogP) is 3.89. The molecular weight excluding hydrogens is 352 g/mol. The number of furan rings is 1. The van der Waals surface area contributed by atoms with Gasteiger partial charge in [-0.15, -0.1) is 0 Å². The Morgan fingerprint density at radius 1 is 1.11 bits per heavy atom. The number of nitrogens with zero attached hydrogens (tertiary/aromatic N) is 2. The number of hydrogen-bond acceptors (Lipinski definition) is 4. The van der Waals surface area contributed by atoms with Crippen LogP contribution >= 0.6 is 0 Å². The molecule has 1 amide bonds. The molecule has 3 aromatic rings. The topological polar surface area (TPSA) is 45.9 Å². The Bertz CT molecular complexity index is 946. The van der Waals surface area contributed by atoms with Crippen LogP contribution in [0.25, 0.3) is 21.9 Å². The molecule has 0 saturated carbocycles. The van der Waals surface area contributed by atoms with Gasteiger partial charge in [-0.3, -0.25) is 9.69 Å². The molecule has 1 atom stereocenters. The Morgan fingerprint density at radius 2 is 1.86 bits per heavy atom. The summed E-state index contributed by atoms with van der Waals surface area (Å²) >= 11 is 0. The molecule has 0 radical (unpaired) electrons. The lowest BCUT2D eigenvalue weighted by atomic mass is 9.96. The van der Waals surface area contributed by atoms with Crippen molar-refractivity contribution in [3.05, 3.63) is 60.6 Å². The van der Waals surface area contributed by atoms with Gasteiger partial charge in [0, 0.05) is 43.9 Å². The number of hydrogen-bond donors (Lipinski definition) is 0. The van der Waals surface area contributed by atoms with Crippen molar-refractivity contribution in [3.63, 3.8) is 0 Å². The van der Waals surface area contributed by atoms with Gasteiger partial charge in [0.1, 0.15) is 0 Å². The normalized spacial score (nSPS) is 16.2. The van der Waals surface area contributed by atoms with Gasteiger partial charge >= 0.3 is 0 Å². The second-order valence-corrected chi connectivity index (χ2v) is 7.40. The number of ether oxygens (including phenoxy) is 1. The Labute approximate surface area is 165 Å². The minimum Gasteiger partial charge on any atom is -0.472 e. The lowest BCUT2D eigenvalue weighted by Gasteiger charge is -2.34. The molecule has 2 aromatic carbocycles. The molecule has 1 aliphatic rings. The van der Waals surface area contributed by atoms with Crippen molar-refractivity contribution in [2.24, 2.45) is 0 Å². The van der Waals surface area contributed by atoms with Crippen molar-refractivity contribution >= 4 is 16.7 Å². The van der Waals surface area contributed by atoms with Crippen LogP contribution in [0.1, 0.15) is 17.3 Å². The van der Waals surface area contributed by atoms with Gasteiger partial charge in [-0.05, 0) is 35.4 Å². The predicted molar refractivity (Wildman–Crippen MR) is 110 cm³/mol. The summed E-state index contributed by atoms with van der Waals surface area (Å²) in [5.41, 5.74) is 2.83. The Kier molecular flexibility index (Phi) is 5.46. The first-order valence-electron chi connectivity index (χ1n) is 9.76. The molecule has 0 spiro atoms.